The summed E-state index contributed by atoms with van der Waals surface area (Å²) < 4.78 is 29.1. The summed E-state index contributed by atoms with van der Waals surface area (Å²) in [5, 5.41) is 8.29. The van der Waals surface area contributed by atoms with Gasteiger partial charge in [-0.2, -0.15) is 0 Å². The minimum absolute atomic E-state index is 0.0785. The van der Waals surface area contributed by atoms with Crippen molar-refractivity contribution in [3.8, 4) is 0 Å². The van der Waals surface area contributed by atoms with Crippen molar-refractivity contribution in [1.29, 1.82) is 0 Å². The van der Waals surface area contributed by atoms with E-state index in [-0.39, 0.29) is 11.3 Å². The van der Waals surface area contributed by atoms with Crippen LogP contribution in [0.4, 0.5) is 0 Å². The molecule has 9 heteroatoms. The van der Waals surface area contributed by atoms with E-state index < -0.39 is 16.0 Å². The number of thiazole rings is 1. The number of carbonyl (C=O) groups excluding carboxylic acids is 1. The van der Waals surface area contributed by atoms with Gasteiger partial charge >= 0.3 is 5.97 Å². The van der Waals surface area contributed by atoms with Crippen LogP contribution in [0, 0.1) is 0 Å². The third-order valence-corrected chi connectivity index (χ3v) is 7.26. The highest BCUT2D eigenvalue weighted by Crippen LogP contribution is 2.30. The summed E-state index contributed by atoms with van der Waals surface area (Å²) in [4.78, 5) is 15.3. The molecule has 2 aromatic carbocycles. The maximum atomic E-state index is 13.5. The Balaban J connectivity index is 1.87. The average Bonchev–Trinajstić information content (AvgIpc) is 3.24. The lowest BCUT2D eigenvalue weighted by Gasteiger charge is -2.12. The van der Waals surface area contributed by atoms with E-state index in [1.54, 1.807) is 48.0 Å². The van der Waals surface area contributed by atoms with Crippen LogP contribution in [0.5, 0.6) is 0 Å². The van der Waals surface area contributed by atoms with Gasteiger partial charge in [0.1, 0.15) is 6.42 Å². The van der Waals surface area contributed by atoms with Crippen LogP contribution in [0.25, 0.3) is 21.1 Å². The molecular formula is C19H16ClN2O4S2+. The molecule has 144 valence electrons. The van der Waals surface area contributed by atoms with E-state index in [0.29, 0.717) is 34.5 Å². The van der Waals surface area contributed by atoms with Crippen molar-refractivity contribution < 1.29 is 18.3 Å². The van der Waals surface area contributed by atoms with Crippen molar-refractivity contribution in [2.45, 2.75) is 24.2 Å². The fraction of sp³-hybridized carbons (Fsp3) is 0.158. The van der Waals surface area contributed by atoms with E-state index in [1.807, 2.05) is 0 Å². The van der Waals surface area contributed by atoms with Crippen LogP contribution in [0.2, 0.25) is 5.02 Å². The standard InChI is InChI=1S/C19H15ClN2O4S2/c20-13-4-7-17-12(8-13)9-14(2-1-3-19(23)24)22(17)28(25,26)15-5-6-16-18(10-15)27-11-21-16/h4-11H,1-3H2,(H,23,24)/p+1. The van der Waals surface area contributed by atoms with E-state index in [0.717, 1.165) is 10.2 Å². The van der Waals surface area contributed by atoms with Crippen molar-refractivity contribution in [2.75, 3.05) is 0 Å². The maximum absolute atomic E-state index is 13.5. The second-order valence-electron chi connectivity index (χ2n) is 6.37. The van der Waals surface area contributed by atoms with Crippen LogP contribution in [0.1, 0.15) is 18.5 Å². The van der Waals surface area contributed by atoms with Gasteiger partial charge in [-0.15, -0.1) is 11.3 Å². The van der Waals surface area contributed by atoms with Crippen LogP contribution in [0.3, 0.4) is 0 Å². The largest absolute Gasteiger partial charge is 0.565 e. The van der Waals surface area contributed by atoms with Crippen molar-refractivity contribution in [3.63, 3.8) is 0 Å². The Bertz CT molecular complexity index is 1310. The normalized spacial score (nSPS) is 12.0. The zero-order valence-electron chi connectivity index (χ0n) is 14.6. The van der Waals surface area contributed by atoms with Gasteiger partial charge in [0.15, 0.2) is 0 Å². The van der Waals surface area contributed by atoms with Gasteiger partial charge in [-0.05, 0) is 55.3 Å². The average molecular weight is 436 g/mol. The zero-order chi connectivity index (χ0) is 19.9. The summed E-state index contributed by atoms with van der Waals surface area (Å²) >= 11 is 7.46. The van der Waals surface area contributed by atoms with Gasteiger partial charge in [-0.25, -0.2) is 17.4 Å². The molecule has 2 N–H and O–H groups in total. The first kappa shape index (κ1) is 18.9. The van der Waals surface area contributed by atoms with Crippen LogP contribution in [-0.4, -0.2) is 28.5 Å². The Morgan fingerprint density at radius 2 is 2.00 bits per heavy atom. The summed E-state index contributed by atoms with van der Waals surface area (Å²) in [5.41, 5.74) is 3.52. The molecule has 0 aliphatic rings. The number of hydrogen-bond donors (Lipinski definition) is 0. The molecule has 4 aromatic rings. The van der Waals surface area contributed by atoms with Crippen molar-refractivity contribution in [1.82, 2.24) is 8.96 Å². The molecular weight excluding hydrogens is 420 g/mol. The molecule has 0 fully saturated rings. The second-order valence-corrected chi connectivity index (χ2v) is 9.48. The molecule has 0 saturated carbocycles. The van der Waals surface area contributed by atoms with E-state index in [2.05, 4.69) is 4.98 Å². The summed E-state index contributed by atoms with van der Waals surface area (Å²) in [6, 6.07) is 11.7. The number of halogens is 1. The molecule has 2 heterocycles. The molecule has 0 radical (unpaired) electrons. The van der Waals surface area contributed by atoms with Crippen LogP contribution < -0.4 is 0 Å². The SMILES string of the molecule is O=C([OH2+])CCCc1cc2cc(Cl)ccc2n1S(=O)(=O)c1ccc2ncsc2c1. The van der Waals surface area contributed by atoms with E-state index >= 15 is 0 Å². The van der Waals surface area contributed by atoms with Crippen molar-refractivity contribution in [2.24, 2.45) is 0 Å². The molecule has 0 aliphatic carbocycles. The number of benzene rings is 2. The first-order chi connectivity index (χ1) is 13.4. The van der Waals surface area contributed by atoms with Gasteiger partial charge in [0.2, 0.25) is 0 Å². The van der Waals surface area contributed by atoms with E-state index in [9.17, 15) is 13.2 Å². The molecule has 0 aliphatic heterocycles. The number of carbonyl (C=O) groups is 1. The topological polar surface area (TPSA) is 91.9 Å². The summed E-state index contributed by atoms with van der Waals surface area (Å²) in [5.74, 6) is -0.663. The van der Waals surface area contributed by atoms with Crippen molar-refractivity contribution in [3.05, 3.63) is 58.7 Å². The molecule has 28 heavy (non-hydrogen) atoms. The predicted octanol–water partition coefficient (Wildman–Crippen LogP) is 3.72. The third-order valence-electron chi connectivity index (χ3n) is 4.47. The lowest BCUT2D eigenvalue weighted by molar-refractivity contribution is -0.137. The Morgan fingerprint density at radius 1 is 1.18 bits per heavy atom. The highest BCUT2D eigenvalue weighted by molar-refractivity contribution is 7.90. The number of aromatic nitrogens is 2. The molecule has 2 aromatic heterocycles. The van der Waals surface area contributed by atoms with Gasteiger partial charge in [-0.1, -0.05) is 11.6 Å². The summed E-state index contributed by atoms with van der Waals surface area (Å²) in [7, 11) is -3.87. The minimum Gasteiger partial charge on any atom is -0.565 e. The summed E-state index contributed by atoms with van der Waals surface area (Å²) in [6.45, 7) is 0. The van der Waals surface area contributed by atoms with E-state index in [1.165, 1.54) is 15.3 Å². The molecule has 0 saturated heterocycles. The lowest BCUT2D eigenvalue weighted by atomic mass is 10.2. The predicted molar refractivity (Wildman–Crippen MR) is 111 cm³/mol. The van der Waals surface area contributed by atoms with Crippen LogP contribution in [-0.2, 0) is 21.2 Å². The van der Waals surface area contributed by atoms with Gasteiger partial charge in [-0.3, -0.25) is 0 Å². The fourth-order valence-corrected chi connectivity index (χ4v) is 5.77. The van der Waals surface area contributed by atoms with Gasteiger partial charge in [0.25, 0.3) is 10.0 Å². The molecule has 0 unspecified atom stereocenters. The Hall–Kier alpha value is -2.42. The highest BCUT2D eigenvalue weighted by Gasteiger charge is 2.24. The number of aryl methyl sites for hydroxylation is 1. The lowest BCUT2D eigenvalue weighted by Crippen LogP contribution is -2.16. The van der Waals surface area contributed by atoms with Gasteiger partial charge < -0.3 is 5.11 Å². The second kappa shape index (κ2) is 7.20. The monoisotopic (exact) mass is 435 g/mol. The number of rotatable bonds is 6. The highest BCUT2D eigenvalue weighted by atomic mass is 35.5. The smallest absolute Gasteiger partial charge is 0.515 e. The number of fused-ring (bicyclic) bond motifs is 2. The Kier molecular flexibility index (Phi) is 4.86. The number of nitrogens with zero attached hydrogens (tertiary/aromatic N) is 2. The molecule has 0 amide bonds. The van der Waals surface area contributed by atoms with Crippen LogP contribution in [0.15, 0.2) is 52.9 Å². The van der Waals surface area contributed by atoms with Crippen molar-refractivity contribution >= 4 is 60.0 Å². The first-order valence-electron chi connectivity index (χ1n) is 8.49. The number of hydrogen-bond acceptors (Lipinski definition) is 5. The fourth-order valence-electron chi connectivity index (χ4n) is 3.21. The quantitative estimate of drug-likeness (QED) is 0.431. The summed E-state index contributed by atoms with van der Waals surface area (Å²) in [6.07, 6.45) is 0.837. The Labute approximate surface area is 170 Å². The maximum Gasteiger partial charge on any atom is 0.515 e. The Morgan fingerprint density at radius 3 is 2.79 bits per heavy atom. The molecule has 4 rings (SSSR count). The van der Waals surface area contributed by atoms with Gasteiger partial charge in [0, 0.05) is 20.9 Å². The minimum atomic E-state index is -3.87. The first-order valence-corrected chi connectivity index (χ1v) is 11.2. The zero-order valence-corrected chi connectivity index (χ0v) is 16.9. The molecule has 0 spiro atoms. The van der Waals surface area contributed by atoms with E-state index in [4.69, 9.17) is 16.7 Å². The molecule has 0 atom stereocenters. The molecule has 6 nitrogen and oxygen atoms in total. The van der Waals surface area contributed by atoms with Crippen LogP contribution >= 0.6 is 22.9 Å². The van der Waals surface area contributed by atoms with Gasteiger partial charge in [0.05, 0.1) is 26.1 Å². The molecule has 0 bridgehead atoms. The third kappa shape index (κ3) is 3.39.